The van der Waals surface area contributed by atoms with Crippen LogP contribution in [-0.4, -0.2) is 59.7 Å². The van der Waals surface area contributed by atoms with Crippen LogP contribution in [0.2, 0.25) is 5.02 Å². The van der Waals surface area contributed by atoms with Gasteiger partial charge < -0.3 is 20.4 Å². The molecule has 4 aromatic rings. The van der Waals surface area contributed by atoms with Gasteiger partial charge in [0.25, 0.3) is 0 Å². The molecule has 3 aromatic carbocycles. The van der Waals surface area contributed by atoms with Gasteiger partial charge in [-0.05, 0) is 60.3 Å². The Labute approximate surface area is 264 Å². The number of urea groups is 1. The van der Waals surface area contributed by atoms with Crippen LogP contribution in [0.3, 0.4) is 0 Å². The van der Waals surface area contributed by atoms with Gasteiger partial charge in [-0.3, -0.25) is 9.59 Å². The molecular weight excluding hydrogens is 599 g/mol. The average molecular weight is 631 g/mol. The second kappa shape index (κ2) is 12.9. The van der Waals surface area contributed by atoms with E-state index in [1.54, 1.807) is 34.1 Å². The monoisotopic (exact) mass is 630 g/mol. The van der Waals surface area contributed by atoms with Crippen LogP contribution in [0.25, 0.3) is 0 Å². The average Bonchev–Trinajstić information content (AvgIpc) is 3.68. The van der Waals surface area contributed by atoms with Crippen LogP contribution in [0.4, 0.5) is 14.9 Å². The molecule has 0 saturated carbocycles. The predicted molar refractivity (Wildman–Crippen MR) is 171 cm³/mol. The van der Waals surface area contributed by atoms with E-state index in [0.29, 0.717) is 42.5 Å². The Bertz CT molecular complexity index is 1660. The quantitative estimate of drug-likeness (QED) is 0.238. The number of amides is 3. The van der Waals surface area contributed by atoms with Gasteiger partial charge in [0, 0.05) is 53.2 Å². The Morgan fingerprint density at radius 3 is 2.39 bits per heavy atom. The van der Waals surface area contributed by atoms with Crippen molar-refractivity contribution in [3.63, 3.8) is 0 Å². The number of nitrogens with one attached hydrogen (secondary N) is 2. The lowest BCUT2D eigenvalue weighted by atomic mass is 9.78. The van der Waals surface area contributed by atoms with Crippen LogP contribution in [-0.2, 0) is 4.79 Å². The first-order chi connectivity index (χ1) is 21.3. The highest BCUT2D eigenvalue weighted by Gasteiger charge is 2.58. The number of carbonyl (C=O) groups is 3. The van der Waals surface area contributed by atoms with Crippen molar-refractivity contribution < 1.29 is 18.8 Å². The number of ketones is 1. The number of anilines is 1. The fraction of sp³-hybridized carbons (Fsp3) is 0.265. The van der Waals surface area contributed by atoms with Crippen molar-refractivity contribution in [2.45, 2.75) is 24.9 Å². The number of likely N-dealkylation sites (tertiary alicyclic amines) is 1. The largest absolute Gasteiger partial charge is 0.338 e. The van der Waals surface area contributed by atoms with Gasteiger partial charge in [0.05, 0.1) is 12.0 Å². The van der Waals surface area contributed by atoms with Crippen LogP contribution in [0, 0.1) is 18.7 Å². The van der Waals surface area contributed by atoms with Gasteiger partial charge in [-0.15, -0.1) is 11.3 Å². The molecule has 1 aromatic heterocycles. The van der Waals surface area contributed by atoms with Crippen molar-refractivity contribution in [2.24, 2.45) is 5.92 Å². The minimum Gasteiger partial charge on any atom is -0.338 e. The Morgan fingerprint density at radius 1 is 0.955 bits per heavy atom. The number of nitrogens with zero attached hydrogens (tertiary/aromatic N) is 2. The molecule has 0 spiro atoms. The third-order valence-corrected chi connectivity index (χ3v) is 9.55. The second-order valence-corrected chi connectivity index (χ2v) is 12.6. The van der Waals surface area contributed by atoms with E-state index in [2.05, 4.69) is 10.6 Å². The fourth-order valence-corrected chi connectivity index (χ4v) is 7.50. The maximum atomic E-state index is 14.7. The summed E-state index contributed by atoms with van der Waals surface area (Å²) in [7, 11) is 0. The van der Waals surface area contributed by atoms with Crippen molar-refractivity contribution in [3.05, 3.63) is 123 Å². The lowest BCUT2D eigenvalue weighted by Crippen LogP contribution is -2.55. The van der Waals surface area contributed by atoms with E-state index >= 15 is 0 Å². The number of rotatable bonds is 6. The summed E-state index contributed by atoms with van der Waals surface area (Å²) in [5.41, 5.74) is 2.50. The molecule has 0 radical (unpaired) electrons. The third kappa shape index (κ3) is 6.00. The van der Waals surface area contributed by atoms with E-state index in [9.17, 15) is 18.8 Å². The van der Waals surface area contributed by atoms with Crippen molar-refractivity contribution >= 4 is 46.3 Å². The first-order valence-electron chi connectivity index (χ1n) is 14.6. The Hall–Kier alpha value is -4.05. The van der Waals surface area contributed by atoms with Gasteiger partial charge in [-0.1, -0.05) is 59.6 Å². The van der Waals surface area contributed by atoms with E-state index in [4.69, 9.17) is 11.6 Å². The molecule has 3 heterocycles. The van der Waals surface area contributed by atoms with E-state index in [-0.39, 0.29) is 11.7 Å². The zero-order valence-electron chi connectivity index (χ0n) is 24.1. The van der Waals surface area contributed by atoms with Crippen LogP contribution < -0.4 is 10.6 Å². The minimum absolute atomic E-state index is 0.201. The molecule has 4 atom stereocenters. The summed E-state index contributed by atoms with van der Waals surface area (Å²) >= 11 is 7.81. The van der Waals surface area contributed by atoms with Crippen molar-refractivity contribution in [1.29, 1.82) is 0 Å². The molecule has 3 amide bonds. The molecule has 0 aliphatic carbocycles. The highest BCUT2D eigenvalue weighted by atomic mass is 35.5. The van der Waals surface area contributed by atoms with Crippen LogP contribution in [0.5, 0.6) is 0 Å². The summed E-state index contributed by atoms with van der Waals surface area (Å²) in [6.07, 6.45) is 0. The Kier molecular flexibility index (Phi) is 8.79. The van der Waals surface area contributed by atoms with Crippen molar-refractivity contribution in [3.8, 4) is 0 Å². The van der Waals surface area contributed by atoms with Crippen molar-refractivity contribution in [1.82, 2.24) is 15.1 Å². The van der Waals surface area contributed by atoms with E-state index < -0.39 is 35.8 Å². The molecule has 4 unspecified atom stereocenters. The lowest BCUT2D eigenvalue weighted by molar-refractivity contribution is -0.136. The first kappa shape index (κ1) is 30.0. The number of carbonyl (C=O) groups excluding carboxylic acids is 3. The van der Waals surface area contributed by atoms with Gasteiger partial charge in [-0.2, -0.15) is 0 Å². The topological polar surface area (TPSA) is 81.8 Å². The molecule has 2 saturated heterocycles. The maximum absolute atomic E-state index is 14.7. The maximum Gasteiger partial charge on any atom is 0.323 e. The van der Waals surface area contributed by atoms with Crippen LogP contribution >= 0.6 is 22.9 Å². The third-order valence-electron chi connectivity index (χ3n) is 8.35. The summed E-state index contributed by atoms with van der Waals surface area (Å²) in [5, 5.41) is 8.52. The zero-order valence-corrected chi connectivity index (χ0v) is 25.7. The molecule has 2 aliphatic heterocycles. The molecule has 6 rings (SSSR count). The number of hydrogen-bond acceptors (Lipinski definition) is 5. The number of hydrogen-bond donors (Lipinski definition) is 2. The summed E-state index contributed by atoms with van der Waals surface area (Å²) in [6, 6.07) is 21.5. The summed E-state index contributed by atoms with van der Waals surface area (Å²) in [4.78, 5) is 47.9. The zero-order chi connectivity index (χ0) is 30.8. The van der Waals surface area contributed by atoms with Gasteiger partial charge in [-0.25, -0.2) is 9.18 Å². The molecule has 2 fully saturated rings. The van der Waals surface area contributed by atoms with Gasteiger partial charge >= 0.3 is 6.03 Å². The molecule has 2 N–H and O–H groups in total. The van der Waals surface area contributed by atoms with E-state index in [1.165, 1.54) is 35.6 Å². The van der Waals surface area contributed by atoms with Crippen LogP contribution in [0.15, 0.2) is 90.3 Å². The highest BCUT2D eigenvalue weighted by molar-refractivity contribution is 7.10. The molecule has 44 heavy (non-hydrogen) atoms. The summed E-state index contributed by atoms with van der Waals surface area (Å²) < 4.78 is 13.7. The van der Waals surface area contributed by atoms with E-state index in [1.807, 2.05) is 48.7 Å². The molecule has 226 valence electrons. The second-order valence-electron chi connectivity index (χ2n) is 11.2. The smallest absolute Gasteiger partial charge is 0.323 e. The van der Waals surface area contributed by atoms with E-state index in [0.717, 1.165) is 16.0 Å². The number of thiophene rings is 1. The summed E-state index contributed by atoms with van der Waals surface area (Å²) in [5.74, 6) is -2.28. The van der Waals surface area contributed by atoms with Gasteiger partial charge in [0.15, 0.2) is 5.78 Å². The molecule has 2 aliphatic rings. The van der Waals surface area contributed by atoms with Gasteiger partial charge in [0.2, 0.25) is 5.91 Å². The van der Waals surface area contributed by atoms with Gasteiger partial charge in [0.1, 0.15) is 11.9 Å². The number of aryl methyl sites for hydroxylation is 1. The predicted octanol–water partition coefficient (Wildman–Crippen LogP) is 6.52. The standard InChI is InChI=1S/C34H32ClFN4O3S/c1-21-5-2-6-22(19-21)30-29(32(41)23-7-3-8-24(35)20-23)28(27-9-4-18-44-27)31(33(42)39-16-14-37-15-17-39)40(30)34(43)38-26-12-10-25(36)11-13-26/h2-13,18-20,28-31,37H,14-17H2,1H3,(H,38,43). The minimum atomic E-state index is -0.981. The van der Waals surface area contributed by atoms with Crippen LogP contribution in [0.1, 0.15) is 38.3 Å². The first-order valence-corrected chi connectivity index (χ1v) is 15.8. The normalized spacial score (nSPS) is 21.7. The highest BCUT2D eigenvalue weighted by Crippen LogP contribution is 2.53. The fourth-order valence-electron chi connectivity index (χ4n) is 6.41. The molecular formula is C34H32ClFN4O3S. The number of halogens is 2. The summed E-state index contributed by atoms with van der Waals surface area (Å²) in [6.45, 7) is 4.20. The number of piperazine rings is 1. The Morgan fingerprint density at radius 2 is 1.70 bits per heavy atom. The molecule has 0 bridgehead atoms. The molecule has 10 heteroatoms. The number of Topliss-reactive ketones (excluding diaryl/α,β-unsaturated/α-hetero) is 1. The van der Waals surface area contributed by atoms with Crippen molar-refractivity contribution in [2.75, 3.05) is 31.5 Å². The molecule has 7 nitrogen and oxygen atoms in total. The lowest BCUT2D eigenvalue weighted by Gasteiger charge is -2.36. The number of benzene rings is 3. The SMILES string of the molecule is Cc1cccc(C2C(C(=O)c3cccc(Cl)c3)C(c3cccs3)C(C(=O)N3CCNCC3)N2C(=O)Nc2ccc(F)cc2)c1. The Balaban J connectivity index is 1.55.